The zero-order valence-electron chi connectivity index (χ0n) is 4.90. The van der Waals surface area contributed by atoms with Gasteiger partial charge >= 0.3 is 29.6 Å². The van der Waals surface area contributed by atoms with E-state index in [1.54, 1.807) is 0 Å². The van der Waals surface area contributed by atoms with Crippen molar-refractivity contribution in [2.75, 3.05) is 13.2 Å². The van der Waals surface area contributed by atoms with Gasteiger partial charge in [-0.25, -0.2) is 8.42 Å². The molecule has 0 bridgehead atoms. The molecule has 0 rings (SSSR count). The summed E-state index contributed by atoms with van der Waals surface area (Å²) in [4.78, 5) is 0. The van der Waals surface area contributed by atoms with E-state index >= 15 is 0 Å². The Morgan fingerprint density at radius 3 is 2.11 bits per heavy atom. The molecule has 0 radical (unpaired) electrons. The number of rotatable bonds is 3. The van der Waals surface area contributed by atoms with E-state index in [0.29, 0.717) is 0 Å². The Bertz CT molecular complexity index is 139. The van der Waals surface area contributed by atoms with Crippen molar-refractivity contribution < 1.29 is 51.8 Å². The van der Waals surface area contributed by atoms with Gasteiger partial charge in [0, 0.05) is 0 Å². The van der Waals surface area contributed by atoms with E-state index < -0.39 is 23.6 Å². The Balaban J connectivity index is 0. The van der Waals surface area contributed by atoms with Crippen LogP contribution in [0.3, 0.4) is 0 Å². The summed E-state index contributed by atoms with van der Waals surface area (Å²) in [6, 6.07) is 0. The second-order valence-electron chi connectivity index (χ2n) is 0.954. The molecule has 0 aliphatic rings. The molecule has 0 aliphatic heterocycles. The van der Waals surface area contributed by atoms with Crippen LogP contribution in [0, 0.1) is 0 Å². The van der Waals surface area contributed by atoms with Crippen molar-refractivity contribution in [3.8, 4) is 0 Å². The molecule has 7 heteroatoms. The maximum absolute atomic E-state index is 9.50. The fraction of sp³-hybridized carbons (Fsp3) is 1.00. The van der Waals surface area contributed by atoms with E-state index in [2.05, 4.69) is 4.18 Å². The van der Waals surface area contributed by atoms with Crippen molar-refractivity contribution in [1.29, 1.82) is 0 Å². The average molecular weight is 164 g/mol. The first-order valence-electron chi connectivity index (χ1n) is 1.77. The van der Waals surface area contributed by atoms with Crippen LogP contribution in [0.15, 0.2) is 0 Å². The second kappa shape index (κ2) is 5.60. The van der Waals surface area contributed by atoms with Gasteiger partial charge in [0.1, 0.15) is 0 Å². The first-order valence-corrected chi connectivity index (χ1v) is 3.10. The third-order valence-corrected chi connectivity index (χ3v) is 0.774. The molecule has 50 valence electrons. The van der Waals surface area contributed by atoms with Crippen molar-refractivity contribution in [1.82, 2.24) is 0 Å². The van der Waals surface area contributed by atoms with Gasteiger partial charge in [-0.3, -0.25) is 4.18 Å². The zero-order valence-corrected chi connectivity index (χ0v) is 7.72. The predicted molar refractivity (Wildman–Crippen MR) is 22.7 cm³/mol. The first-order chi connectivity index (χ1) is 3.56. The van der Waals surface area contributed by atoms with E-state index in [4.69, 9.17) is 5.11 Å². The molecular weight excluding hydrogens is 159 g/mol. The van der Waals surface area contributed by atoms with Crippen LogP contribution in [0.4, 0.5) is 0 Å². The molecule has 0 spiro atoms. The molecule has 1 N–H and O–H groups in total. The predicted octanol–water partition coefficient (Wildman–Crippen LogP) is -4.54. The van der Waals surface area contributed by atoms with Crippen LogP contribution in [-0.4, -0.2) is 31.3 Å². The fourth-order valence-corrected chi connectivity index (χ4v) is 0.418. The van der Waals surface area contributed by atoms with E-state index in [0.717, 1.165) is 0 Å². The number of aliphatic hydroxyl groups is 1. The number of hydrogen-bond acceptors (Lipinski definition) is 5. The molecule has 9 heavy (non-hydrogen) atoms. The Kier molecular flexibility index (Phi) is 7.78. The molecule has 0 aliphatic carbocycles. The zero-order chi connectivity index (χ0) is 6.62. The van der Waals surface area contributed by atoms with Crippen molar-refractivity contribution >= 4 is 10.4 Å². The summed E-state index contributed by atoms with van der Waals surface area (Å²) in [5.41, 5.74) is 0. The molecule has 0 saturated carbocycles. The Hall–Kier alpha value is 0.830. The summed E-state index contributed by atoms with van der Waals surface area (Å²) in [5, 5.41) is 7.90. The maximum atomic E-state index is 9.50. The SMILES string of the molecule is O=S(=O)([O-])OCCO.[Na+]. The summed E-state index contributed by atoms with van der Waals surface area (Å²) in [6.45, 7) is -0.937. The third-order valence-electron chi connectivity index (χ3n) is 0.319. The van der Waals surface area contributed by atoms with Crippen LogP contribution in [0.2, 0.25) is 0 Å². The Labute approximate surface area is 75.3 Å². The summed E-state index contributed by atoms with van der Waals surface area (Å²) in [7, 11) is -4.60. The van der Waals surface area contributed by atoms with Crippen molar-refractivity contribution in [3.63, 3.8) is 0 Å². The van der Waals surface area contributed by atoms with Gasteiger partial charge in [0.25, 0.3) is 0 Å². The minimum Gasteiger partial charge on any atom is -0.726 e. The van der Waals surface area contributed by atoms with Gasteiger partial charge in [0.05, 0.1) is 13.2 Å². The second-order valence-corrected chi connectivity index (χ2v) is 2.01. The molecular formula is C2H5NaO5S. The molecule has 0 fully saturated rings. The van der Waals surface area contributed by atoms with E-state index in [1.165, 1.54) is 0 Å². The molecule has 0 amide bonds. The van der Waals surface area contributed by atoms with Crippen LogP contribution in [0.1, 0.15) is 0 Å². The minimum absolute atomic E-state index is 0. The normalized spacial score (nSPS) is 10.4. The minimum atomic E-state index is -4.60. The fourth-order valence-electron chi connectivity index (χ4n) is 0.139. The van der Waals surface area contributed by atoms with E-state index in [9.17, 15) is 13.0 Å². The third kappa shape index (κ3) is 12.1. The quantitative estimate of drug-likeness (QED) is 0.258. The van der Waals surface area contributed by atoms with Crippen molar-refractivity contribution in [3.05, 3.63) is 0 Å². The number of hydrogen-bond donors (Lipinski definition) is 1. The van der Waals surface area contributed by atoms with Gasteiger partial charge in [-0.2, -0.15) is 0 Å². The smallest absolute Gasteiger partial charge is 0.726 e. The molecule has 0 saturated heterocycles. The Morgan fingerprint density at radius 1 is 1.56 bits per heavy atom. The molecule has 5 nitrogen and oxygen atoms in total. The first kappa shape index (κ1) is 12.5. The molecule has 0 aromatic rings. The van der Waals surface area contributed by atoms with Gasteiger partial charge in [-0.1, -0.05) is 0 Å². The molecule has 0 unspecified atom stereocenters. The van der Waals surface area contributed by atoms with E-state index in [-0.39, 0.29) is 29.6 Å². The number of aliphatic hydroxyl groups excluding tert-OH is 1. The van der Waals surface area contributed by atoms with Crippen LogP contribution in [-0.2, 0) is 14.6 Å². The van der Waals surface area contributed by atoms with Crippen molar-refractivity contribution in [2.45, 2.75) is 0 Å². The monoisotopic (exact) mass is 164 g/mol. The standard InChI is InChI=1S/C2H6O5S.Na/c3-1-2-7-8(4,5)6;/h3H,1-2H2,(H,4,5,6);/q;+1/p-1. The molecule has 0 heterocycles. The van der Waals surface area contributed by atoms with Crippen LogP contribution in [0.25, 0.3) is 0 Å². The average Bonchev–Trinajstić information content (AvgIpc) is 1.59. The van der Waals surface area contributed by atoms with Gasteiger partial charge in [0.2, 0.25) is 10.4 Å². The summed E-state index contributed by atoms with van der Waals surface area (Å²) in [6.07, 6.45) is 0. The summed E-state index contributed by atoms with van der Waals surface area (Å²) >= 11 is 0. The van der Waals surface area contributed by atoms with E-state index in [1.807, 2.05) is 0 Å². The Morgan fingerprint density at radius 2 is 2.00 bits per heavy atom. The largest absolute Gasteiger partial charge is 1.00 e. The van der Waals surface area contributed by atoms with Crippen molar-refractivity contribution in [2.24, 2.45) is 0 Å². The van der Waals surface area contributed by atoms with Gasteiger partial charge in [0.15, 0.2) is 0 Å². The van der Waals surface area contributed by atoms with Gasteiger partial charge in [-0.05, 0) is 0 Å². The van der Waals surface area contributed by atoms with Crippen LogP contribution in [0.5, 0.6) is 0 Å². The summed E-state index contributed by atoms with van der Waals surface area (Å²) in [5.74, 6) is 0. The molecule has 0 aromatic heterocycles. The maximum Gasteiger partial charge on any atom is 1.00 e. The van der Waals surface area contributed by atoms with Crippen LogP contribution >= 0.6 is 0 Å². The molecule has 0 atom stereocenters. The topological polar surface area (TPSA) is 86.7 Å². The van der Waals surface area contributed by atoms with Gasteiger partial charge in [-0.15, -0.1) is 0 Å². The molecule has 0 aromatic carbocycles. The summed E-state index contributed by atoms with van der Waals surface area (Å²) < 4.78 is 32.0. The van der Waals surface area contributed by atoms with Gasteiger partial charge < -0.3 is 9.66 Å². The van der Waals surface area contributed by atoms with Crippen LogP contribution < -0.4 is 29.6 Å².